The second kappa shape index (κ2) is 14.1. The Hall–Kier alpha value is -3.12. The quantitative estimate of drug-likeness (QED) is 0.365. The molecule has 0 spiro atoms. The summed E-state index contributed by atoms with van der Waals surface area (Å²) in [5.41, 5.74) is -0.111. The Kier molecular flexibility index (Phi) is 10.4. The molecule has 2 aliphatic heterocycles. The number of hydrogen-bond donors (Lipinski definition) is 2. The van der Waals surface area contributed by atoms with Crippen molar-refractivity contribution in [3.05, 3.63) is 78.1 Å². The van der Waals surface area contributed by atoms with Crippen LogP contribution in [0.25, 0.3) is 0 Å². The average molecular weight is 641 g/mol. The third-order valence-electron chi connectivity index (χ3n) is 9.87. The number of likely N-dealkylation sites (tertiary alicyclic amines) is 2. The number of hydrogen-bond acceptors (Lipinski definition) is 6. The van der Waals surface area contributed by atoms with E-state index >= 15 is 0 Å². The Bertz CT molecular complexity index is 1470. The minimum atomic E-state index is -3.55. The number of sulfonamides is 1. The van der Waals surface area contributed by atoms with Gasteiger partial charge in [0.1, 0.15) is 11.4 Å². The summed E-state index contributed by atoms with van der Waals surface area (Å²) < 4.78 is 40.7. The van der Waals surface area contributed by atoms with Crippen molar-refractivity contribution in [3.8, 4) is 0 Å². The lowest BCUT2D eigenvalue weighted by Gasteiger charge is -2.40. The molecule has 2 aromatic carbocycles. The van der Waals surface area contributed by atoms with E-state index in [0.717, 1.165) is 44.1 Å². The van der Waals surface area contributed by atoms with Gasteiger partial charge in [-0.15, -0.1) is 6.58 Å². The summed E-state index contributed by atoms with van der Waals surface area (Å²) in [6, 6.07) is 12.5. The van der Waals surface area contributed by atoms with Gasteiger partial charge in [-0.1, -0.05) is 43.2 Å². The molecule has 244 valence electrons. The summed E-state index contributed by atoms with van der Waals surface area (Å²) in [4.78, 5) is 32.9. The summed E-state index contributed by atoms with van der Waals surface area (Å²) in [7, 11) is -2.19. The summed E-state index contributed by atoms with van der Waals surface area (Å²) in [5, 5.41) is 12.1. The Morgan fingerprint density at radius 3 is 2.42 bits per heavy atom. The van der Waals surface area contributed by atoms with E-state index in [1.165, 1.54) is 31.3 Å². The van der Waals surface area contributed by atoms with Gasteiger partial charge in [-0.05, 0) is 68.1 Å². The molecule has 5 rings (SSSR count). The zero-order valence-corrected chi connectivity index (χ0v) is 26.9. The number of rotatable bonds is 11. The predicted octanol–water partition coefficient (Wildman–Crippen LogP) is 3.29. The lowest BCUT2D eigenvalue weighted by molar-refractivity contribution is -0.135. The first-order valence-electron chi connectivity index (χ1n) is 16.0. The number of benzene rings is 2. The maximum absolute atomic E-state index is 14.3. The molecule has 1 aliphatic carbocycles. The predicted molar refractivity (Wildman–Crippen MR) is 170 cm³/mol. The van der Waals surface area contributed by atoms with Crippen molar-refractivity contribution in [1.82, 2.24) is 19.4 Å². The maximum Gasteiger partial charge on any atom is 0.240 e. The highest BCUT2D eigenvalue weighted by Gasteiger charge is 2.49. The second-order valence-electron chi connectivity index (χ2n) is 12.7. The van der Waals surface area contributed by atoms with Gasteiger partial charge in [0.2, 0.25) is 21.8 Å². The van der Waals surface area contributed by atoms with Gasteiger partial charge in [0.15, 0.2) is 0 Å². The van der Waals surface area contributed by atoms with Crippen molar-refractivity contribution in [1.29, 1.82) is 0 Å². The number of nitrogens with one attached hydrogen (secondary N) is 1. The van der Waals surface area contributed by atoms with Crippen LogP contribution in [0.3, 0.4) is 0 Å². The number of halogens is 1. The number of amides is 2. The smallest absolute Gasteiger partial charge is 0.240 e. The molecule has 0 bridgehead atoms. The van der Waals surface area contributed by atoms with Crippen LogP contribution in [0.1, 0.15) is 49.7 Å². The molecule has 2 heterocycles. The highest BCUT2D eigenvalue weighted by Crippen LogP contribution is 2.40. The fourth-order valence-corrected chi connectivity index (χ4v) is 8.02. The summed E-state index contributed by atoms with van der Waals surface area (Å²) in [6.07, 6.45) is 7.24. The van der Waals surface area contributed by atoms with E-state index in [9.17, 15) is 27.5 Å². The fourth-order valence-electron chi connectivity index (χ4n) is 7.29. The van der Waals surface area contributed by atoms with Crippen LogP contribution in [0.5, 0.6) is 0 Å². The van der Waals surface area contributed by atoms with Gasteiger partial charge in [-0.25, -0.2) is 17.5 Å². The minimum absolute atomic E-state index is 0.00367. The van der Waals surface area contributed by atoms with Gasteiger partial charge >= 0.3 is 0 Å². The van der Waals surface area contributed by atoms with Gasteiger partial charge in [0, 0.05) is 50.6 Å². The van der Waals surface area contributed by atoms with Crippen LogP contribution >= 0.6 is 0 Å². The Balaban J connectivity index is 1.23. The summed E-state index contributed by atoms with van der Waals surface area (Å²) in [5.74, 6) is -0.631. The average Bonchev–Trinajstić information content (AvgIpc) is 3.69. The van der Waals surface area contributed by atoms with Gasteiger partial charge in [-0.3, -0.25) is 9.59 Å². The Morgan fingerprint density at radius 2 is 1.80 bits per heavy atom. The van der Waals surface area contributed by atoms with Crippen molar-refractivity contribution in [2.75, 3.05) is 46.3 Å². The molecule has 2 amide bonds. The molecule has 45 heavy (non-hydrogen) atoms. The van der Waals surface area contributed by atoms with Crippen LogP contribution in [-0.4, -0.2) is 92.4 Å². The number of carbonyl (C=O) groups excluding carboxylic acids is 2. The summed E-state index contributed by atoms with van der Waals surface area (Å²) in [6.45, 7) is 6.85. The molecule has 2 aromatic rings. The normalized spacial score (nSPS) is 23.4. The first-order valence-corrected chi connectivity index (χ1v) is 17.4. The van der Waals surface area contributed by atoms with Crippen molar-refractivity contribution < 1.29 is 27.5 Å². The molecular formula is C34H45FN4O5S. The van der Waals surface area contributed by atoms with Gasteiger partial charge in [-0.2, -0.15) is 0 Å². The zero-order valence-electron chi connectivity index (χ0n) is 26.0. The lowest BCUT2D eigenvalue weighted by atomic mass is 9.83. The molecule has 0 aromatic heterocycles. The van der Waals surface area contributed by atoms with E-state index in [4.69, 9.17) is 0 Å². The monoisotopic (exact) mass is 640 g/mol. The van der Waals surface area contributed by atoms with Crippen LogP contribution in [0.15, 0.2) is 66.1 Å². The second-order valence-corrected chi connectivity index (χ2v) is 14.6. The Labute approximate surface area is 266 Å². The minimum Gasteiger partial charge on any atom is -0.383 e. The van der Waals surface area contributed by atoms with Crippen LogP contribution in [0, 0.1) is 17.7 Å². The van der Waals surface area contributed by atoms with Crippen LogP contribution in [-0.2, 0) is 31.6 Å². The van der Waals surface area contributed by atoms with E-state index in [2.05, 4.69) is 16.2 Å². The number of piperidine rings is 1. The molecule has 11 heteroatoms. The molecule has 2 saturated heterocycles. The molecule has 2 atom stereocenters. The number of aliphatic hydroxyl groups is 1. The molecular weight excluding hydrogens is 595 g/mol. The third-order valence-corrected chi connectivity index (χ3v) is 11.3. The van der Waals surface area contributed by atoms with E-state index in [1.54, 1.807) is 35.2 Å². The van der Waals surface area contributed by atoms with E-state index in [0.29, 0.717) is 38.3 Å². The van der Waals surface area contributed by atoms with E-state index in [1.807, 2.05) is 4.90 Å². The largest absolute Gasteiger partial charge is 0.383 e. The van der Waals surface area contributed by atoms with E-state index in [-0.39, 0.29) is 47.6 Å². The lowest BCUT2D eigenvalue weighted by Crippen LogP contribution is -2.50. The molecule has 1 saturated carbocycles. The summed E-state index contributed by atoms with van der Waals surface area (Å²) >= 11 is 0. The van der Waals surface area contributed by atoms with Crippen LogP contribution in [0.4, 0.5) is 4.39 Å². The zero-order chi connectivity index (χ0) is 32.2. The van der Waals surface area contributed by atoms with Crippen molar-refractivity contribution in [2.24, 2.45) is 11.8 Å². The van der Waals surface area contributed by atoms with Crippen molar-refractivity contribution in [2.45, 2.75) is 61.5 Å². The molecule has 0 unspecified atom stereocenters. The van der Waals surface area contributed by atoms with Crippen LogP contribution in [0.2, 0.25) is 0 Å². The standard InChI is InChI=1S/C34H45FN4O5S/c1-3-17-39(32(40)20-25-11-13-31(14-12-25)45(43,44)36-2)30-15-18-37(19-16-30)22-28-23-38(33(41)26-7-4-5-8-26)24-34(28,42)27-9-6-10-29(35)21-27/h3,6,9-14,21,26,28,30,36,42H,1,4-5,7-8,15-20,22-24H2,2H3/t28-,34-/m0/s1. The molecule has 3 aliphatic rings. The first kappa shape index (κ1) is 33.2. The maximum atomic E-state index is 14.3. The highest BCUT2D eigenvalue weighted by molar-refractivity contribution is 7.89. The topological polar surface area (TPSA) is 110 Å². The molecule has 0 radical (unpaired) electrons. The molecule has 3 fully saturated rings. The number of carbonyl (C=O) groups is 2. The van der Waals surface area contributed by atoms with Crippen molar-refractivity contribution in [3.63, 3.8) is 0 Å². The molecule has 2 N–H and O–H groups in total. The SMILES string of the molecule is C=CCN(C(=O)Cc1ccc(S(=O)(=O)NC)cc1)C1CCN(C[C@H]2CN(C(=O)C3CCCC3)C[C@]2(O)c2cccc(F)c2)CC1. The number of β-amino-alcohol motifs (C(OH)–C–C–N with tert-alkyl or cyclic N) is 1. The molecule has 9 nitrogen and oxygen atoms in total. The first-order chi connectivity index (χ1) is 21.5. The van der Waals surface area contributed by atoms with Gasteiger partial charge in [0.05, 0.1) is 17.9 Å². The highest BCUT2D eigenvalue weighted by atomic mass is 32.2. The number of nitrogens with zero attached hydrogens (tertiary/aromatic N) is 3. The van der Waals surface area contributed by atoms with Gasteiger partial charge < -0.3 is 19.8 Å². The van der Waals surface area contributed by atoms with E-state index < -0.39 is 21.4 Å². The third kappa shape index (κ3) is 7.48. The fraction of sp³-hybridized carbons (Fsp3) is 0.529. The van der Waals surface area contributed by atoms with Crippen LogP contribution < -0.4 is 4.72 Å². The Morgan fingerprint density at radius 1 is 1.11 bits per heavy atom. The van der Waals surface area contributed by atoms with Crippen molar-refractivity contribution >= 4 is 21.8 Å². The van der Waals surface area contributed by atoms with Gasteiger partial charge in [0.25, 0.3) is 0 Å².